The summed E-state index contributed by atoms with van der Waals surface area (Å²) in [5.41, 5.74) is -0.220. The van der Waals surface area contributed by atoms with Crippen LogP contribution in [0.3, 0.4) is 0 Å². The van der Waals surface area contributed by atoms with E-state index in [9.17, 15) is 4.79 Å². The quantitative estimate of drug-likeness (QED) is 0.899. The zero-order valence-electron chi connectivity index (χ0n) is 7.84. The fraction of sp³-hybridized carbons (Fsp3) is 0.300. The first kappa shape index (κ1) is 11.5. The normalized spacial score (nSPS) is 11.4. The average molecular weight is 278 g/mol. The smallest absolute Gasteiger partial charge is 0.313 e. The van der Waals surface area contributed by atoms with Crippen molar-refractivity contribution in [2.24, 2.45) is 0 Å². The van der Waals surface area contributed by atoms with E-state index in [1.54, 1.807) is 32.0 Å². The first-order chi connectivity index (χ1) is 6.35. The Kier molecular flexibility index (Phi) is 3.22. The standard InChI is InChI=1S/C10H10BrClO2/c1-10(2,9(13)14)6-3-4-7(11)8(12)5-6/h3-5H,1-2H3,(H,13,14). The van der Waals surface area contributed by atoms with Crippen molar-refractivity contribution in [2.45, 2.75) is 19.3 Å². The minimum absolute atomic E-state index is 0.525. The fourth-order valence-corrected chi connectivity index (χ4v) is 1.44. The second-order valence-corrected chi connectivity index (χ2v) is 4.82. The molecule has 0 heterocycles. The summed E-state index contributed by atoms with van der Waals surface area (Å²) < 4.78 is 0.768. The molecule has 1 aromatic carbocycles. The molecule has 0 bridgehead atoms. The number of hydrogen-bond donors (Lipinski definition) is 1. The van der Waals surface area contributed by atoms with E-state index in [0.29, 0.717) is 10.6 Å². The molecular weight excluding hydrogens is 267 g/mol. The Morgan fingerprint density at radius 1 is 1.50 bits per heavy atom. The Labute approximate surface area is 96.0 Å². The van der Waals surface area contributed by atoms with Crippen LogP contribution in [-0.4, -0.2) is 11.1 Å². The Balaban J connectivity index is 3.21. The summed E-state index contributed by atoms with van der Waals surface area (Å²) in [7, 11) is 0. The molecule has 0 aliphatic rings. The van der Waals surface area contributed by atoms with Gasteiger partial charge in [-0.25, -0.2) is 0 Å². The number of aliphatic carboxylic acids is 1. The highest BCUT2D eigenvalue weighted by Gasteiger charge is 2.29. The first-order valence-electron chi connectivity index (χ1n) is 4.04. The third-order valence-electron chi connectivity index (χ3n) is 2.18. The van der Waals surface area contributed by atoms with Crippen LogP contribution in [0.4, 0.5) is 0 Å². The van der Waals surface area contributed by atoms with E-state index in [-0.39, 0.29) is 0 Å². The van der Waals surface area contributed by atoms with Crippen molar-refractivity contribution in [1.82, 2.24) is 0 Å². The van der Waals surface area contributed by atoms with Crippen molar-refractivity contribution >= 4 is 33.5 Å². The average Bonchev–Trinajstić information content (AvgIpc) is 2.09. The summed E-state index contributed by atoms with van der Waals surface area (Å²) >= 11 is 9.14. The van der Waals surface area contributed by atoms with Gasteiger partial charge in [0.2, 0.25) is 0 Å². The summed E-state index contributed by atoms with van der Waals surface area (Å²) in [4.78, 5) is 11.0. The van der Waals surface area contributed by atoms with Crippen LogP contribution in [0.15, 0.2) is 22.7 Å². The van der Waals surface area contributed by atoms with Gasteiger partial charge in [0.15, 0.2) is 0 Å². The van der Waals surface area contributed by atoms with Crippen molar-refractivity contribution in [1.29, 1.82) is 0 Å². The third-order valence-corrected chi connectivity index (χ3v) is 3.41. The molecule has 0 atom stereocenters. The number of benzene rings is 1. The molecule has 0 amide bonds. The van der Waals surface area contributed by atoms with Gasteiger partial charge in [-0.3, -0.25) is 4.79 Å². The van der Waals surface area contributed by atoms with E-state index >= 15 is 0 Å². The van der Waals surface area contributed by atoms with Crippen LogP contribution in [0.1, 0.15) is 19.4 Å². The Morgan fingerprint density at radius 2 is 2.07 bits per heavy atom. The molecule has 0 spiro atoms. The van der Waals surface area contributed by atoms with Gasteiger partial charge in [-0.05, 0) is 47.5 Å². The van der Waals surface area contributed by atoms with Gasteiger partial charge in [0, 0.05) is 4.47 Å². The summed E-state index contributed by atoms with van der Waals surface area (Å²) in [6.07, 6.45) is 0. The fourth-order valence-electron chi connectivity index (χ4n) is 1.01. The van der Waals surface area contributed by atoms with Gasteiger partial charge in [0.1, 0.15) is 0 Å². The van der Waals surface area contributed by atoms with Gasteiger partial charge >= 0.3 is 5.97 Å². The lowest BCUT2D eigenvalue weighted by Gasteiger charge is -2.19. The molecule has 0 saturated heterocycles. The van der Waals surface area contributed by atoms with Crippen LogP contribution in [0.25, 0.3) is 0 Å². The lowest BCUT2D eigenvalue weighted by atomic mass is 9.85. The highest BCUT2D eigenvalue weighted by molar-refractivity contribution is 9.10. The number of halogens is 2. The second-order valence-electron chi connectivity index (χ2n) is 3.56. The monoisotopic (exact) mass is 276 g/mol. The molecule has 1 N–H and O–H groups in total. The SMILES string of the molecule is CC(C)(C(=O)O)c1ccc(Br)c(Cl)c1. The van der Waals surface area contributed by atoms with Gasteiger partial charge < -0.3 is 5.11 Å². The van der Waals surface area contributed by atoms with Crippen molar-refractivity contribution in [3.63, 3.8) is 0 Å². The van der Waals surface area contributed by atoms with E-state index < -0.39 is 11.4 Å². The van der Waals surface area contributed by atoms with Gasteiger partial charge in [0.05, 0.1) is 10.4 Å². The van der Waals surface area contributed by atoms with Crippen LogP contribution in [-0.2, 0) is 10.2 Å². The molecule has 14 heavy (non-hydrogen) atoms. The number of rotatable bonds is 2. The van der Waals surface area contributed by atoms with Crippen LogP contribution in [0.5, 0.6) is 0 Å². The van der Waals surface area contributed by atoms with Gasteiger partial charge in [-0.15, -0.1) is 0 Å². The van der Waals surface area contributed by atoms with Crippen molar-refractivity contribution in [2.75, 3.05) is 0 Å². The molecule has 0 fully saturated rings. The number of carboxylic acid groups (broad SMARTS) is 1. The minimum Gasteiger partial charge on any atom is -0.481 e. The molecule has 0 unspecified atom stereocenters. The van der Waals surface area contributed by atoms with Crippen molar-refractivity contribution in [3.05, 3.63) is 33.3 Å². The summed E-state index contributed by atoms with van der Waals surface area (Å²) in [6.45, 7) is 3.30. The molecule has 0 radical (unpaired) electrons. The van der Waals surface area contributed by atoms with Crippen molar-refractivity contribution in [3.8, 4) is 0 Å². The van der Waals surface area contributed by atoms with Crippen LogP contribution >= 0.6 is 27.5 Å². The van der Waals surface area contributed by atoms with E-state index in [1.807, 2.05) is 0 Å². The Bertz CT molecular complexity index is 374. The lowest BCUT2D eigenvalue weighted by Crippen LogP contribution is -2.28. The lowest BCUT2D eigenvalue weighted by molar-refractivity contribution is -0.142. The maximum Gasteiger partial charge on any atom is 0.313 e. The highest BCUT2D eigenvalue weighted by Crippen LogP contribution is 2.30. The maximum absolute atomic E-state index is 11.0. The van der Waals surface area contributed by atoms with Gasteiger partial charge in [-0.2, -0.15) is 0 Å². The Morgan fingerprint density at radius 3 is 2.50 bits per heavy atom. The maximum atomic E-state index is 11.0. The molecule has 1 rings (SSSR count). The molecular formula is C10H10BrClO2. The third kappa shape index (κ3) is 2.10. The van der Waals surface area contributed by atoms with Gasteiger partial charge in [-0.1, -0.05) is 17.7 Å². The molecule has 0 aliphatic carbocycles. The van der Waals surface area contributed by atoms with E-state index in [1.165, 1.54) is 0 Å². The number of hydrogen-bond acceptors (Lipinski definition) is 1. The zero-order valence-corrected chi connectivity index (χ0v) is 10.2. The van der Waals surface area contributed by atoms with E-state index in [0.717, 1.165) is 4.47 Å². The highest BCUT2D eigenvalue weighted by atomic mass is 79.9. The summed E-state index contributed by atoms with van der Waals surface area (Å²) in [5.74, 6) is -0.865. The van der Waals surface area contributed by atoms with Gasteiger partial charge in [0.25, 0.3) is 0 Å². The Hall–Kier alpha value is -0.540. The van der Waals surface area contributed by atoms with Crippen molar-refractivity contribution < 1.29 is 9.90 Å². The molecule has 2 nitrogen and oxygen atoms in total. The van der Waals surface area contributed by atoms with Crippen LogP contribution in [0.2, 0.25) is 5.02 Å². The zero-order chi connectivity index (χ0) is 10.9. The predicted molar refractivity (Wildman–Crippen MR) is 59.8 cm³/mol. The first-order valence-corrected chi connectivity index (χ1v) is 5.21. The second kappa shape index (κ2) is 3.91. The molecule has 1 aromatic rings. The topological polar surface area (TPSA) is 37.3 Å². The van der Waals surface area contributed by atoms with Crippen LogP contribution < -0.4 is 0 Å². The molecule has 0 aliphatic heterocycles. The largest absolute Gasteiger partial charge is 0.481 e. The molecule has 76 valence electrons. The molecule has 0 aromatic heterocycles. The minimum atomic E-state index is -0.912. The summed E-state index contributed by atoms with van der Waals surface area (Å²) in [5, 5.41) is 9.52. The van der Waals surface area contributed by atoms with E-state index in [4.69, 9.17) is 16.7 Å². The number of carboxylic acids is 1. The van der Waals surface area contributed by atoms with Crippen LogP contribution in [0, 0.1) is 0 Å². The van der Waals surface area contributed by atoms with E-state index in [2.05, 4.69) is 15.9 Å². The number of carbonyl (C=O) groups is 1. The predicted octanol–water partition coefficient (Wildman–Crippen LogP) is 3.46. The molecule has 4 heteroatoms. The summed E-state index contributed by atoms with van der Waals surface area (Å²) in [6, 6.07) is 5.17. The molecule has 0 saturated carbocycles.